The van der Waals surface area contributed by atoms with Gasteiger partial charge in [-0.25, -0.2) is 4.79 Å². The highest BCUT2D eigenvalue weighted by Crippen LogP contribution is 2.27. The van der Waals surface area contributed by atoms with Crippen molar-refractivity contribution in [2.24, 2.45) is 0 Å². The van der Waals surface area contributed by atoms with E-state index >= 15 is 0 Å². The van der Waals surface area contributed by atoms with Gasteiger partial charge in [0, 0.05) is 5.56 Å². The number of rotatable bonds is 3. The smallest absolute Gasteiger partial charge is 0.337 e. The Morgan fingerprint density at radius 1 is 1.32 bits per heavy atom. The van der Waals surface area contributed by atoms with Gasteiger partial charge in [-0.15, -0.1) is 0 Å². The summed E-state index contributed by atoms with van der Waals surface area (Å²) < 4.78 is 5.04. The third kappa shape index (κ3) is 2.61. The van der Waals surface area contributed by atoms with Gasteiger partial charge in [0.05, 0.1) is 22.5 Å². The first-order valence-electron chi connectivity index (χ1n) is 5.38. The van der Waals surface area contributed by atoms with E-state index in [-0.39, 0.29) is 22.0 Å². The first kappa shape index (κ1) is 13.2. The normalized spacial score (nSPS) is 10.2. The third-order valence-corrected chi connectivity index (χ3v) is 2.87. The Kier molecular flexibility index (Phi) is 3.57. The zero-order valence-corrected chi connectivity index (χ0v) is 10.7. The molecule has 0 unspecified atom stereocenters. The summed E-state index contributed by atoms with van der Waals surface area (Å²) in [7, 11) is 0. The molecule has 0 spiro atoms. The molecule has 2 aromatic rings. The van der Waals surface area contributed by atoms with Gasteiger partial charge < -0.3 is 14.8 Å². The predicted molar refractivity (Wildman–Crippen MR) is 69.8 cm³/mol. The van der Waals surface area contributed by atoms with E-state index in [4.69, 9.17) is 21.1 Å². The van der Waals surface area contributed by atoms with Crippen LogP contribution in [0, 0.1) is 6.92 Å². The lowest BCUT2D eigenvalue weighted by atomic mass is 10.1. The maximum atomic E-state index is 12.0. The highest BCUT2D eigenvalue weighted by Gasteiger charge is 2.19. The molecule has 0 aliphatic rings. The van der Waals surface area contributed by atoms with Crippen LogP contribution in [0.25, 0.3) is 0 Å². The van der Waals surface area contributed by atoms with Crippen LogP contribution in [0.4, 0.5) is 5.69 Å². The van der Waals surface area contributed by atoms with Crippen LogP contribution in [0.1, 0.15) is 26.5 Å². The van der Waals surface area contributed by atoms with E-state index < -0.39 is 11.9 Å². The fourth-order valence-corrected chi connectivity index (χ4v) is 1.83. The molecule has 5 nitrogen and oxygen atoms in total. The fraction of sp³-hybridized carbons (Fsp3) is 0.0769. The molecular weight excluding hydrogens is 270 g/mol. The van der Waals surface area contributed by atoms with Crippen LogP contribution >= 0.6 is 11.6 Å². The van der Waals surface area contributed by atoms with Crippen LogP contribution < -0.4 is 5.32 Å². The van der Waals surface area contributed by atoms with Gasteiger partial charge in [0.1, 0.15) is 0 Å². The van der Waals surface area contributed by atoms with Crippen molar-refractivity contribution in [1.82, 2.24) is 0 Å². The summed E-state index contributed by atoms with van der Waals surface area (Å²) in [5.41, 5.74) is 0.629. The molecule has 1 amide bonds. The second-order valence-corrected chi connectivity index (χ2v) is 4.26. The Bertz CT molecular complexity index is 648. The number of halogens is 1. The minimum Gasteiger partial charge on any atom is -0.478 e. The molecule has 19 heavy (non-hydrogen) atoms. The number of anilines is 1. The summed E-state index contributed by atoms with van der Waals surface area (Å²) in [5.74, 6) is -1.59. The van der Waals surface area contributed by atoms with Crippen LogP contribution in [-0.2, 0) is 0 Å². The Hall–Kier alpha value is -2.27. The van der Waals surface area contributed by atoms with Gasteiger partial charge in [0.15, 0.2) is 5.76 Å². The number of amides is 1. The molecule has 0 atom stereocenters. The first-order chi connectivity index (χ1) is 9.00. The zero-order chi connectivity index (χ0) is 14.0. The molecule has 6 heteroatoms. The van der Waals surface area contributed by atoms with Gasteiger partial charge in [-0.1, -0.05) is 17.7 Å². The second kappa shape index (κ2) is 5.16. The van der Waals surface area contributed by atoms with Crippen LogP contribution in [0.15, 0.2) is 34.9 Å². The average molecular weight is 280 g/mol. The molecule has 2 N–H and O–H groups in total. The van der Waals surface area contributed by atoms with Crippen LogP contribution in [0.5, 0.6) is 0 Å². The molecule has 0 fully saturated rings. The van der Waals surface area contributed by atoms with Crippen molar-refractivity contribution in [3.05, 3.63) is 52.4 Å². The number of para-hydroxylation sites is 1. The predicted octanol–water partition coefficient (Wildman–Crippen LogP) is 3.19. The Balaban J connectivity index is 2.36. The number of carboxylic acids is 1. The lowest BCUT2D eigenvalue weighted by Crippen LogP contribution is -2.15. The SMILES string of the molecule is Cc1ccoc1C(=O)Nc1c(Cl)cccc1C(=O)O. The number of carboxylic acid groups (broad SMARTS) is 1. The largest absolute Gasteiger partial charge is 0.478 e. The quantitative estimate of drug-likeness (QED) is 0.904. The number of furan rings is 1. The summed E-state index contributed by atoms with van der Waals surface area (Å²) >= 11 is 5.91. The summed E-state index contributed by atoms with van der Waals surface area (Å²) in [6.45, 7) is 1.71. The minimum absolute atomic E-state index is 0.0532. The van der Waals surface area contributed by atoms with E-state index in [9.17, 15) is 9.59 Å². The molecule has 0 bridgehead atoms. The van der Waals surface area contributed by atoms with Crippen LogP contribution in [0.2, 0.25) is 5.02 Å². The van der Waals surface area contributed by atoms with Crippen LogP contribution in [0.3, 0.4) is 0 Å². The number of carbonyl (C=O) groups excluding carboxylic acids is 1. The van der Waals surface area contributed by atoms with Gasteiger partial charge in [0.2, 0.25) is 0 Å². The molecule has 98 valence electrons. The zero-order valence-electron chi connectivity index (χ0n) is 9.94. The molecule has 1 aromatic carbocycles. The maximum absolute atomic E-state index is 12.0. The van der Waals surface area contributed by atoms with Crippen molar-refractivity contribution in [3.8, 4) is 0 Å². The van der Waals surface area contributed by atoms with E-state index in [1.807, 2.05) is 0 Å². The van der Waals surface area contributed by atoms with Crippen molar-refractivity contribution in [1.29, 1.82) is 0 Å². The van der Waals surface area contributed by atoms with Gasteiger partial charge in [-0.2, -0.15) is 0 Å². The minimum atomic E-state index is -1.17. The Morgan fingerprint density at radius 2 is 2.05 bits per heavy atom. The topological polar surface area (TPSA) is 79.5 Å². The number of nitrogens with one attached hydrogen (secondary N) is 1. The van der Waals surface area contributed by atoms with Gasteiger partial charge in [-0.3, -0.25) is 4.79 Å². The average Bonchev–Trinajstić information content (AvgIpc) is 2.77. The summed E-state index contributed by atoms with van der Waals surface area (Å²) in [6, 6.07) is 6.00. The first-order valence-corrected chi connectivity index (χ1v) is 5.75. The summed E-state index contributed by atoms with van der Waals surface area (Å²) in [4.78, 5) is 23.0. The summed E-state index contributed by atoms with van der Waals surface area (Å²) in [5, 5.41) is 11.7. The lowest BCUT2D eigenvalue weighted by molar-refractivity contribution is 0.0698. The van der Waals surface area contributed by atoms with E-state index in [0.717, 1.165) is 0 Å². The maximum Gasteiger partial charge on any atom is 0.337 e. The molecule has 1 aromatic heterocycles. The standard InChI is InChI=1S/C13H10ClNO4/c1-7-5-6-19-11(7)12(16)15-10-8(13(17)18)3-2-4-9(10)14/h2-6H,1H3,(H,15,16)(H,17,18). The molecule has 0 radical (unpaired) electrons. The van der Waals surface area contributed by atoms with Crippen LogP contribution in [-0.4, -0.2) is 17.0 Å². The molecule has 0 aliphatic heterocycles. The van der Waals surface area contributed by atoms with E-state index in [2.05, 4.69) is 5.32 Å². The molecule has 0 saturated heterocycles. The number of hydrogen-bond acceptors (Lipinski definition) is 3. The molecule has 1 heterocycles. The second-order valence-electron chi connectivity index (χ2n) is 3.85. The van der Waals surface area contributed by atoms with Crippen molar-refractivity contribution < 1.29 is 19.1 Å². The van der Waals surface area contributed by atoms with Crippen molar-refractivity contribution in [3.63, 3.8) is 0 Å². The van der Waals surface area contributed by atoms with Crippen molar-refractivity contribution in [2.45, 2.75) is 6.92 Å². The Labute approximate surface area is 113 Å². The molecule has 0 aliphatic carbocycles. The number of aromatic carboxylic acids is 1. The van der Waals surface area contributed by atoms with E-state index in [1.54, 1.807) is 13.0 Å². The summed E-state index contributed by atoms with van der Waals surface area (Å²) in [6.07, 6.45) is 1.38. The van der Waals surface area contributed by atoms with Crippen molar-refractivity contribution >= 4 is 29.2 Å². The van der Waals surface area contributed by atoms with Gasteiger partial charge in [0.25, 0.3) is 5.91 Å². The molecule has 0 saturated carbocycles. The number of hydrogen-bond donors (Lipinski definition) is 2. The fourth-order valence-electron chi connectivity index (χ4n) is 1.61. The number of aryl methyl sites for hydroxylation is 1. The highest BCUT2D eigenvalue weighted by atomic mass is 35.5. The lowest BCUT2D eigenvalue weighted by Gasteiger charge is -2.09. The monoisotopic (exact) mass is 279 g/mol. The molecular formula is C13H10ClNO4. The van der Waals surface area contributed by atoms with Gasteiger partial charge in [-0.05, 0) is 25.1 Å². The third-order valence-electron chi connectivity index (χ3n) is 2.55. The van der Waals surface area contributed by atoms with E-state index in [0.29, 0.717) is 5.56 Å². The van der Waals surface area contributed by atoms with Crippen molar-refractivity contribution in [2.75, 3.05) is 5.32 Å². The number of benzene rings is 1. The highest BCUT2D eigenvalue weighted by molar-refractivity contribution is 6.34. The van der Waals surface area contributed by atoms with Gasteiger partial charge >= 0.3 is 5.97 Å². The Morgan fingerprint density at radius 3 is 2.63 bits per heavy atom. The molecule has 2 rings (SSSR count). The number of carbonyl (C=O) groups is 2. The van der Waals surface area contributed by atoms with E-state index in [1.165, 1.54) is 24.5 Å².